The van der Waals surface area contributed by atoms with Crippen LogP contribution in [0.2, 0.25) is 0 Å². The number of fused-ring (bicyclic) bond motifs is 1. The molecule has 0 fully saturated rings. The maximum atomic E-state index is 13.4. The van der Waals surface area contributed by atoms with E-state index in [9.17, 15) is 9.18 Å². The lowest BCUT2D eigenvalue weighted by Gasteiger charge is -2.16. The molecular formula is C20H18FNO2. The molecular weight excluding hydrogens is 305 g/mol. The van der Waals surface area contributed by atoms with Crippen LogP contribution in [0.25, 0.3) is 10.8 Å². The minimum Gasteiger partial charge on any atom is -0.496 e. The van der Waals surface area contributed by atoms with Crippen LogP contribution < -0.4 is 10.1 Å². The average molecular weight is 323 g/mol. The summed E-state index contributed by atoms with van der Waals surface area (Å²) in [5, 5.41) is 5.15. The molecule has 0 bridgehead atoms. The molecule has 3 aromatic carbocycles. The number of carbonyl (C=O) groups excluding carboxylic acids is 1. The van der Waals surface area contributed by atoms with Crippen LogP contribution >= 0.6 is 0 Å². The van der Waals surface area contributed by atoms with Gasteiger partial charge in [-0.2, -0.15) is 0 Å². The molecule has 3 rings (SSSR count). The summed E-state index contributed by atoms with van der Waals surface area (Å²) >= 11 is 0. The van der Waals surface area contributed by atoms with Gasteiger partial charge < -0.3 is 10.1 Å². The number of rotatable bonds is 4. The summed E-state index contributed by atoms with van der Waals surface area (Å²) in [6.45, 7) is 1.90. The fourth-order valence-electron chi connectivity index (χ4n) is 2.69. The summed E-state index contributed by atoms with van der Waals surface area (Å²) in [6, 6.07) is 17.8. The molecule has 0 saturated carbocycles. The van der Waals surface area contributed by atoms with E-state index in [4.69, 9.17) is 4.74 Å². The first kappa shape index (κ1) is 16.0. The summed E-state index contributed by atoms with van der Waals surface area (Å²) in [6.07, 6.45) is 0. The van der Waals surface area contributed by atoms with Crippen LogP contribution in [0.4, 0.5) is 4.39 Å². The van der Waals surface area contributed by atoms with Gasteiger partial charge in [0.15, 0.2) is 0 Å². The van der Waals surface area contributed by atoms with Crippen LogP contribution in [0.15, 0.2) is 60.7 Å². The Kier molecular flexibility index (Phi) is 4.47. The van der Waals surface area contributed by atoms with E-state index in [-0.39, 0.29) is 17.5 Å². The fourth-order valence-corrected chi connectivity index (χ4v) is 2.69. The molecule has 24 heavy (non-hydrogen) atoms. The number of ether oxygens (including phenoxy) is 1. The van der Waals surface area contributed by atoms with Gasteiger partial charge in [0.25, 0.3) is 5.91 Å². The summed E-state index contributed by atoms with van der Waals surface area (Å²) in [7, 11) is 1.46. The van der Waals surface area contributed by atoms with Crippen LogP contribution in [-0.4, -0.2) is 13.0 Å². The Hall–Kier alpha value is -2.88. The zero-order valence-electron chi connectivity index (χ0n) is 13.5. The molecule has 0 aliphatic carbocycles. The van der Waals surface area contributed by atoms with Gasteiger partial charge in [-0.15, -0.1) is 0 Å². The van der Waals surface area contributed by atoms with Crippen LogP contribution in [0.3, 0.4) is 0 Å². The lowest BCUT2D eigenvalue weighted by Crippen LogP contribution is -2.27. The Bertz CT molecular complexity index is 892. The molecule has 1 atom stereocenters. The fraction of sp³-hybridized carbons (Fsp3) is 0.150. The van der Waals surface area contributed by atoms with Crippen LogP contribution in [0, 0.1) is 5.82 Å². The molecule has 4 heteroatoms. The third-order valence-corrected chi connectivity index (χ3v) is 4.03. The second kappa shape index (κ2) is 6.71. The standard InChI is InChI=1S/C20H18FNO2/c1-13(15-8-7-14-5-3-4-6-16(14)11-15)22-20(23)18-12-17(21)9-10-19(18)24-2/h3-13H,1-2H3,(H,22,23). The van der Waals surface area contributed by atoms with E-state index >= 15 is 0 Å². The van der Waals surface area contributed by atoms with Crippen LogP contribution in [-0.2, 0) is 0 Å². The predicted octanol–water partition coefficient (Wildman–Crippen LogP) is 4.48. The van der Waals surface area contributed by atoms with Crippen molar-refractivity contribution in [2.45, 2.75) is 13.0 Å². The van der Waals surface area contributed by atoms with Crippen molar-refractivity contribution in [2.24, 2.45) is 0 Å². The Morgan fingerprint density at radius 1 is 1.04 bits per heavy atom. The Morgan fingerprint density at radius 3 is 2.54 bits per heavy atom. The summed E-state index contributed by atoms with van der Waals surface area (Å²) in [4.78, 5) is 12.5. The van der Waals surface area contributed by atoms with Crippen molar-refractivity contribution >= 4 is 16.7 Å². The Morgan fingerprint density at radius 2 is 1.79 bits per heavy atom. The van der Waals surface area contributed by atoms with Gasteiger partial charge in [0.05, 0.1) is 18.7 Å². The number of carbonyl (C=O) groups is 1. The van der Waals surface area contributed by atoms with Gasteiger partial charge >= 0.3 is 0 Å². The highest BCUT2D eigenvalue weighted by Crippen LogP contribution is 2.23. The normalized spacial score (nSPS) is 12.0. The summed E-state index contributed by atoms with van der Waals surface area (Å²) < 4.78 is 18.6. The average Bonchev–Trinajstić information content (AvgIpc) is 2.61. The van der Waals surface area contributed by atoms with E-state index in [1.165, 1.54) is 25.3 Å². The van der Waals surface area contributed by atoms with Crippen molar-refractivity contribution in [2.75, 3.05) is 7.11 Å². The SMILES string of the molecule is COc1ccc(F)cc1C(=O)NC(C)c1ccc2ccccc2c1. The van der Waals surface area contributed by atoms with Crippen molar-refractivity contribution in [3.05, 3.63) is 77.6 Å². The predicted molar refractivity (Wildman–Crippen MR) is 92.8 cm³/mol. The number of methoxy groups -OCH3 is 1. The molecule has 0 spiro atoms. The van der Waals surface area contributed by atoms with E-state index < -0.39 is 5.82 Å². The number of hydrogen-bond donors (Lipinski definition) is 1. The molecule has 0 aromatic heterocycles. The second-order valence-corrected chi connectivity index (χ2v) is 5.65. The minimum atomic E-state index is -0.473. The number of hydrogen-bond acceptors (Lipinski definition) is 2. The van der Waals surface area contributed by atoms with Gasteiger partial charge in [-0.3, -0.25) is 4.79 Å². The van der Waals surface area contributed by atoms with Crippen LogP contribution in [0.1, 0.15) is 28.9 Å². The van der Waals surface area contributed by atoms with Gasteiger partial charge in [-0.25, -0.2) is 4.39 Å². The lowest BCUT2D eigenvalue weighted by atomic mass is 10.0. The molecule has 1 unspecified atom stereocenters. The third kappa shape index (κ3) is 3.23. The zero-order chi connectivity index (χ0) is 17.1. The Labute approximate surface area is 140 Å². The summed E-state index contributed by atoms with van der Waals surface area (Å²) in [5.74, 6) is -0.495. The molecule has 1 N–H and O–H groups in total. The first-order valence-electron chi connectivity index (χ1n) is 7.71. The molecule has 0 radical (unpaired) electrons. The lowest BCUT2D eigenvalue weighted by molar-refractivity contribution is 0.0936. The van der Waals surface area contributed by atoms with Crippen molar-refractivity contribution in [3.8, 4) is 5.75 Å². The quantitative estimate of drug-likeness (QED) is 0.769. The molecule has 3 aromatic rings. The van der Waals surface area contributed by atoms with Crippen LogP contribution in [0.5, 0.6) is 5.75 Å². The topological polar surface area (TPSA) is 38.3 Å². The highest BCUT2D eigenvalue weighted by molar-refractivity contribution is 5.97. The summed E-state index contributed by atoms with van der Waals surface area (Å²) in [5.41, 5.74) is 1.17. The zero-order valence-corrected chi connectivity index (χ0v) is 13.5. The molecule has 0 heterocycles. The third-order valence-electron chi connectivity index (χ3n) is 4.03. The van der Waals surface area contributed by atoms with E-state index in [2.05, 4.69) is 5.32 Å². The second-order valence-electron chi connectivity index (χ2n) is 5.65. The molecule has 3 nitrogen and oxygen atoms in total. The maximum absolute atomic E-state index is 13.4. The number of nitrogens with one attached hydrogen (secondary N) is 1. The minimum absolute atomic E-state index is 0.185. The van der Waals surface area contributed by atoms with E-state index in [1.54, 1.807) is 0 Å². The first-order chi connectivity index (χ1) is 11.6. The van der Waals surface area contributed by atoms with E-state index in [1.807, 2.05) is 49.4 Å². The maximum Gasteiger partial charge on any atom is 0.255 e. The van der Waals surface area contributed by atoms with Crippen molar-refractivity contribution in [1.82, 2.24) is 5.32 Å². The number of benzene rings is 3. The van der Waals surface area contributed by atoms with Gasteiger partial charge in [0.2, 0.25) is 0 Å². The number of amides is 1. The number of halogens is 1. The van der Waals surface area contributed by atoms with Gasteiger partial charge in [-0.05, 0) is 47.5 Å². The highest BCUT2D eigenvalue weighted by Gasteiger charge is 2.16. The van der Waals surface area contributed by atoms with Crippen molar-refractivity contribution < 1.29 is 13.9 Å². The largest absolute Gasteiger partial charge is 0.496 e. The molecule has 1 amide bonds. The molecule has 0 aliphatic rings. The monoisotopic (exact) mass is 323 g/mol. The first-order valence-corrected chi connectivity index (χ1v) is 7.71. The van der Waals surface area contributed by atoms with E-state index in [0.29, 0.717) is 5.75 Å². The smallest absolute Gasteiger partial charge is 0.255 e. The molecule has 0 aliphatic heterocycles. The van der Waals surface area contributed by atoms with Gasteiger partial charge in [-0.1, -0.05) is 36.4 Å². The van der Waals surface area contributed by atoms with Crippen molar-refractivity contribution in [3.63, 3.8) is 0 Å². The van der Waals surface area contributed by atoms with E-state index in [0.717, 1.165) is 16.3 Å². The van der Waals surface area contributed by atoms with Gasteiger partial charge in [0.1, 0.15) is 11.6 Å². The molecule has 0 saturated heterocycles. The van der Waals surface area contributed by atoms with Gasteiger partial charge in [0, 0.05) is 0 Å². The molecule has 122 valence electrons. The highest BCUT2D eigenvalue weighted by atomic mass is 19.1. The van der Waals surface area contributed by atoms with Crippen molar-refractivity contribution in [1.29, 1.82) is 0 Å². The Balaban J connectivity index is 1.84.